The maximum atomic E-state index is 9.79. The number of dihydropyridines is 1. The molecule has 0 aliphatic carbocycles. The molecule has 0 bridgehead atoms. The average Bonchev–Trinajstić information content (AvgIpc) is 2.59. The summed E-state index contributed by atoms with van der Waals surface area (Å²) in [5, 5.41) is 17.2. The van der Waals surface area contributed by atoms with Gasteiger partial charge in [-0.05, 0) is 24.1 Å². The molecule has 0 spiro atoms. The monoisotopic (exact) mass is 331 g/mol. The minimum Gasteiger partial charge on any atom is -0.493 e. The highest BCUT2D eigenvalue weighted by Crippen LogP contribution is 2.28. The van der Waals surface area contributed by atoms with E-state index in [1.165, 1.54) is 7.11 Å². The van der Waals surface area contributed by atoms with Crippen molar-refractivity contribution >= 4 is 12.1 Å². The van der Waals surface area contributed by atoms with Gasteiger partial charge in [-0.15, -0.1) is 0 Å². The van der Waals surface area contributed by atoms with Crippen molar-refractivity contribution in [2.45, 2.75) is 32.6 Å². The molecule has 2 rings (SSSR count). The average molecular weight is 331 g/mol. The zero-order valence-electron chi connectivity index (χ0n) is 14.3. The number of nitrogens with one attached hydrogen (secondary N) is 1. The van der Waals surface area contributed by atoms with E-state index in [1.807, 2.05) is 44.2 Å². The molecule has 1 heterocycles. The largest absolute Gasteiger partial charge is 0.493 e. The quantitative estimate of drug-likeness (QED) is 0.406. The van der Waals surface area contributed by atoms with Crippen LogP contribution < -0.4 is 10.5 Å². The number of methoxy groups -OCH3 is 1. The van der Waals surface area contributed by atoms with Gasteiger partial charge in [-0.3, -0.25) is 10.4 Å². The lowest BCUT2D eigenvalue weighted by Crippen LogP contribution is -2.36. The molecule has 0 saturated heterocycles. The van der Waals surface area contributed by atoms with E-state index in [0.717, 1.165) is 17.7 Å². The topological polar surface area (TPSA) is 101 Å². The first-order valence-corrected chi connectivity index (χ1v) is 7.85. The van der Waals surface area contributed by atoms with E-state index in [0.29, 0.717) is 12.2 Å². The predicted octanol–water partition coefficient (Wildman–Crippen LogP) is 2.43. The second-order valence-corrected chi connectivity index (χ2v) is 6.54. The van der Waals surface area contributed by atoms with Crippen LogP contribution in [0.3, 0.4) is 0 Å². The lowest BCUT2D eigenvalue weighted by molar-refractivity contribution is -0.155. The Morgan fingerprint density at radius 2 is 2.08 bits per heavy atom. The van der Waals surface area contributed by atoms with Crippen LogP contribution in [0.5, 0.6) is 5.75 Å². The van der Waals surface area contributed by atoms with Crippen molar-refractivity contribution in [3.05, 3.63) is 41.5 Å². The van der Waals surface area contributed by atoms with Crippen LogP contribution in [-0.4, -0.2) is 37.2 Å². The highest BCUT2D eigenvalue weighted by atomic mass is 16.6. The number of aliphatic hydroxyl groups is 1. The van der Waals surface area contributed by atoms with Crippen LogP contribution in [0.2, 0.25) is 0 Å². The zero-order chi connectivity index (χ0) is 17.7. The Morgan fingerprint density at radius 1 is 1.42 bits per heavy atom. The van der Waals surface area contributed by atoms with Crippen molar-refractivity contribution in [2.75, 3.05) is 13.7 Å². The van der Waals surface area contributed by atoms with E-state index in [1.54, 1.807) is 6.21 Å². The minimum absolute atomic E-state index is 0.0360. The van der Waals surface area contributed by atoms with E-state index in [9.17, 15) is 5.11 Å². The third-order valence-electron chi connectivity index (χ3n) is 4.03. The van der Waals surface area contributed by atoms with Gasteiger partial charge in [0.2, 0.25) is 0 Å². The van der Waals surface area contributed by atoms with Crippen molar-refractivity contribution in [1.82, 2.24) is 0 Å². The molecule has 6 heteroatoms. The Morgan fingerprint density at radius 3 is 2.58 bits per heavy atom. The summed E-state index contributed by atoms with van der Waals surface area (Å²) in [5.41, 5.74) is 6.70. The molecule has 0 fully saturated rings. The molecule has 1 aromatic rings. The second-order valence-electron chi connectivity index (χ2n) is 6.54. The molecule has 4 N–H and O–H groups in total. The minimum atomic E-state index is -0.879. The summed E-state index contributed by atoms with van der Waals surface area (Å²) in [6.07, 6.45) is 3.42. The maximum absolute atomic E-state index is 9.79. The Kier molecular flexibility index (Phi) is 5.75. The fourth-order valence-electron chi connectivity index (χ4n) is 2.37. The van der Waals surface area contributed by atoms with Gasteiger partial charge in [0, 0.05) is 24.3 Å². The lowest BCUT2D eigenvalue weighted by atomic mass is 9.94. The Bertz CT molecular complexity index is 635. The molecule has 6 nitrogen and oxygen atoms in total. The number of rotatable bonds is 7. The normalized spacial score (nSPS) is 18.8. The Balaban J connectivity index is 1.95. The van der Waals surface area contributed by atoms with E-state index in [-0.39, 0.29) is 11.9 Å². The number of nitrogens with zero attached hydrogens (tertiary/aromatic N) is 1. The molecule has 1 aliphatic heterocycles. The van der Waals surface area contributed by atoms with Gasteiger partial charge in [0.25, 0.3) is 0 Å². The van der Waals surface area contributed by atoms with Gasteiger partial charge >= 0.3 is 0 Å². The first-order chi connectivity index (χ1) is 11.3. The summed E-state index contributed by atoms with van der Waals surface area (Å²) in [5.74, 6) is 0.775. The van der Waals surface area contributed by atoms with Crippen LogP contribution in [0.25, 0.3) is 0 Å². The first kappa shape index (κ1) is 18.2. The Labute approximate surface area is 142 Å². The number of hydrogen-bond acceptors (Lipinski definition) is 5. The predicted molar refractivity (Wildman–Crippen MR) is 94.6 cm³/mol. The molecular formula is C18H25N3O3. The van der Waals surface area contributed by atoms with Gasteiger partial charge in [0.05, 0.1) is 12.6 Å². The second kappa shape index (κ2) is 7.59. The van der Waals surface area contributed by atoms with Crippen molar-refractivity contribution < 1.29 is 14.6 Å². The summed E-state index contributed by atoms with van der Waals surface area (Å²) in [6.45, 7) is 4.10. The summed E-state index contributed by atoms with van der Waals surface area (Å²) < 4.78 is 10.7. The lowest BCUT2D eigenvalue weighted by Gasteiger charge is -2.29. The van der Waals surface area contributed by atoms with Crippen molar-refractivity contribution in [3.8, 4) is 5.75 Å². The number of amidine groups is 1. The highest BCUT2D eigenvalue weighted by Gasteiger charge is 2.28. The molecular weight excluding hydrogens is 306 g/mol. The van der Waals surface area contributed by atoms with Gasteiger partial charge in [-0.1, -0.05) is 32.1 Å². The molecule has 0 radical (unpaired) electrons. The van der Waals surface area contributed by atoms with Gasteiger partial charge < -0.3 is 20.3 Å². The summed E-state index contributed by atoms with van der Waals surface area (Å²) in [6, 6.07) is 7.77. The molecule has 1 aliphatic rings. The number of ether oxygens (including phenoxy) is 2. The number of aliphatic hydroxyl groups excluding tert-OH is 1. The summed E-state index contributed by atoms with van der Waals surface area (Å²) in [4.78, 5) is 4.45. The SMILES string of the molecule is COC(O)C(C)(C)COc1ccc(C2CC=C(C(=N)N)C=N2)cc1. The standard InChI is InChI=1S/C18H25N3O3/c1-18(2,17(22)23-3)11-24-14-7-4-12(5-8-14)15-9-6-13(10-21-15)16(19)20/h4-8,10,15,17,22H,9,11H2,1-3H3,(H3,19,20). The van der Waals surface area contributed by atoms with E-state index in [2.05, 4.69) is 4.99 Å². The molecule has 130 valence electrons. The van der Waals surface area contributed by atoms with Crippen LogP contribution in [0.1, 0.15) is 31.9 Å². The van der Waals surface area contributed by atoms with Crippen molar-refractivity contribution in [3.63, 3.8) is 0 Å². The third kappa shape index (κ3) is 4.43. The highest BCUT2D eigenvalue weighted by molar-refractivity contribution is 6.13. The number of hydrogen-bond donors (Lipinski definition) is 3. The van der Waals surface area contributed by atoms with Crippen molar-refractivity contribution in [1.29, 1.82) is 5.41 Å². The number of nitrogens with two attached hydrogens (primary N) is 1. The zero-order valence-corrected chi connectivity index (χ0v) is 14.3. The number of benzene rings is 1. The summed E-state index contributed by atoms with van der Waals surface area (Å²) in [7, 11) is 1.47. The van der Waals surface area contributed by atoms with Crippen LogP contribution >= 0.6 is 0 Å². The van der Waals surface area contributed by atoms with Crippen LogP contribution in [-0.2, 0) is 4.74 Å². The molecule has 2 unspecified atom stereocenters. The fraction of sp³-hybridized carbons (Fsp3) is 0.444. The van der Waals surface area contributed by atoms with E-state index < -0.39 is 11.7 Å². The molecule has 0 aromatic heterocycles. The summed E-state index contributed by atoms with van der Waals surface area (Å²) >= 11 is 0. The van der Waals surface area contributed by atoms with Crippen LogP contribution in [0.15, 0.2) is 40.9 Å². The molecule has 0 amide bonds. The van der Waals surface area contributed by atoms with Gasteiger partial charge in [0.1, 0.15) is 11.6 Å². The van der Waals surface area contributed by atoms with Gasteiger partial charge in [-0.25, -0.2) is 0 Å². The molecule has 0 saturated carbocycles. The van der Waals surface area contributed by atoms with E-state index >= 15 is 0 Å². The van der Waals surface area contributed by atoms with Crippen LogP contribution in [0.4, 0.5) is 0 Å². The van der Waals surface area contributed by atoms with Gasteiger partial charge in [0.15, 0.2) is 6.29 Å². The van der Waals surface area contributed by atoms with Gasteiger partial charge in [-0.2, -0.15) is 0 Å². The maximum Gasteiger partial charge on any atom is 0.162 e. The molecule has 1 aromatic carbocycles. The first-order valence-electron chi connectivity index (χ1n) is 7.85. The van der Waals surface area contributed by atoms with E-state index in [4.69, 9.17) is 20.6 Å². The third-order valence-corrected chi connectivity index (χ3v) is 4.03. The number of aliphatic imine (C=N–C) groups is 1. The smallest absolute Gasteiger partial charge is 0.162 e. The fourth-order valence-corrected chi connectivity index (χ4v) is 2.37. The van der Waals surface area contributed by atoms with Crippen molar-refractivity contribution in [2.24, 2.45) is 16.1 Å². The molecule has 24 heavy (non-hydrogen) atoms. The molecule has 2 atom stereocenters. The Hall–Kier alpha value is -2.18. The van der Waals surface area contributed by atoms with Crippen LogP contribution in [0, 0.1) is 10.8 Å².